The van der Waals surface area contributed by atoms with E-state index in [0.29, 0.717) is 0 Å². The molecule has 0 spiro atoms. The van der Waals surface area contributed by atoms with Gasteiger partial charge in [0.2, 0.25) is 0 Å². The average Bonchev–Trinajstić information content (AvgIpc) is 3.09. The molecule has 0 unspecified atom stereocenters. The molecule has 0 heterocycles. The number of rotatable bonds is 5. The molecule has 0 radical (unpaired) electrons. The van der Waals surface area contributed by atoms with Gasteiger partial charge in [-0.3, -0.25) is 0 Å². The molecule has 2 N–H and O–H groups in total. The van der Waals surface area contributed by atoms with Crippen molar-refractivity contribution >= 4 is 11.4 Å². The second-order valence-electron chi connectivity index (χ2n) is 5.89. The molecule has 2 fully saturated rings. The van der Waals surface area contributed by atoms with Gasteiger partial charge in [0.25, 0.3) is 0 Å². The van der Waals surface area contributed by atoms with E-state index in [1.807, 2.05) is 0 Å². The highest BCUT2D eigenvalue weighted by atomic mass is 15.1. The highest BCUT2D eigenvalue weighted by molar-refractivity contribution is 5.58. The fourth-order valence-corrected chi connectivity index (χ4v) is 2.48. The molecule has 2 aliphatic rings. The largest absolute Gasteiger partial charge is 0.399 e. The molecule has 3 rings (SSSR count). The number of anilines is 2. The number of nitrogen functional groups attached to an aromatic ring is 1. The van der Waals surface area contributed by atoms with Crippen molar-refractivity contribution in [2.45, 2.75) is 32.6 Å². The molecule has 0 amide bonds. The van der Waals surface area contributed by atoms with E-state index in [-0.39, 0.29) is 0 Å². The van der Waals surface area contributed by atoms with Gasteiger partial charge in [0.05, 0.1) is 0 Å². The van der Waals surface area contributed by atoms with Crippen molar-refractivity contribution in [1.82, 2.24) is 0 Å². The van der Waals surface area contributed by atoms with Gasteiger partial charge in [-0.1, -0.05) is 0 Å². The molecule has 0 saturated heterocycles. The third-order valence-corrected chi connectivity index (χ3v) is 3.80. The van der Waals surface area contributed by atoms with Gasteiger partial charge in [0.15, 0.2) is 0 Å². The summed E-state index contributed by atoms with van der Waals surface area (Å²) in [6, 6.07) is 6.47. The second-order valence-corrected chi connectivity index (χ2v) is 5.89. The summed E-state index contributed by atoms with van der Waals surface area (Å²) in [5.74, 6) is 1.88. The molecule has 92 valence electrons. The molecule has 0 aliphatic heterocycles. The maximum atomic E-state index is 5.96. The van der Waals surface area contributed by atoms with Crippen LogP contribution in [0.2, 0.25) is 0 Å². The minimum Gasteiger partial charge on any atom is -0.399 e. The van der Waals surface area contributed by atoms with Crippen LogP contribution >= 0.6 is 0 Å². The molecule has 17 heavy (non-hydrogen) atoms. The van der Waals surface area contributed by atoms with Crippen LogP contribution in [-0.4, -0.2) is 13.1 Å². The van der Waals surface area contributed by atoms with Crippen LogP contribution in [0.3, 0.4) is 0 Å². The first-order valence-corrected chi connectivity index (χ1v) is 6.83. The highest BCUT2D eigenvalue weighted by Gasteiger charge is 2.29. The van der Waals surface area contributed by atoms with E-state index in [2.05, 4.69) is 30.0 Å². The van der Waals surface area contributed by atoms with Gasteiger partial charge in [0, 0.05) is 24.5 Å². The SMILES string of the molecule is Cc1cc(N)cc(N(CC2CC2)CC2CC2)c1. The minimum absolute atomic E-state index is 0.900. The summed E-state index contributed by atoms with van der Waals surface area (Å²) in [5.41, 5.74) is 9.47. The van der Waals surface area contributed by atoms with Gasteiger partial charge >= 0.3 is 0 Å². The number of hydrogen-bond acceptors (Lipinski definition) is 2. The Balaban J connectivity index is 1.78. The van der Waals surface area contributed by atoms with Crippen LogP contribution in [0.1, 0.15) is 31.2 Å². The van der Waals surface area contributed by atoms with Crippen molar-refractivity contribution in [2.75, 3.05) is 23.7 Å². The van der Waals surface area contributed by atoms with E-state index in [9.17, 15) is 0 Å². The van der Waals surface area contributed by atoms with Crippen molar-refractivity contribution in [3.63, 3.8) is 0 Å². The van der Waals surface area contributed by atoms with Gasteiger partial charge in [-0.05, 0) is 68.2 Å². The second kappa shape index (κ2) is 4.25. The molecule has 0 bridgehead atoms. The summed E-state index contributed by atoms with van der Waals surface area (Å²) < 4.78 is 0. The summed E-state index contributed by atoms with van der Waals surface area (Å²) in [6.45, 7) is 4.60. The Morgan fingerprint density at radius 1 is 1.06 bits per heavy atom. The Labute approximate surface area is 104 Å². The molecule has 0 atom stereocenters. The van der Waals surface area contributed by atoms with Gasteiger partial charge in [-0.2, -0.15) is 0 Å². The van der Waals surface area contributed by atoms with Gasteiger partial charge in [-0.25, -0.2) is 0 Å². The quantitative estimate of drug-likeness (QED) is 0.787. The lowest BCUT2D eigenvalue weighted by molar-refractivity contribution is 0.679. The minimum atomic E-state index is 0.900. The molecule has 0 aromatic heterocycles. The van der Waals surface area contributed by atoms with Crippen LogP contribution in [0, 0.1) is 18.8 Å². The topological polar surface area (TPSA) is 29.3 Å². The lowest BCUT2D eigenvalue weighted by Gasteiger charge is -2.25. The summed E-state index contributed by atoms with van der Waals surface area (Å²) in [6.07, 6.45) is 5.68. The number of nitrogens with zero attached hydrogens (tertiary/aromatic N) is 1. The Kier molecular flexibility index (Phi) is 2.73. The van der Waals surface area contributed by atoms with Crippen LogP contribution in [0.5, 0.6) is 0 Å². The van der Waals surface area contributed by atoms with Gasteiger partial charge in [0.1, 0.15) is 0 Å². The fraction of sp³-hybridized carbons (Fsp3) is 0.600. The van der Waals surface area contributed by atoms with Crippen molar-refractivity contribution in [2.24, 2.45) is 11.8 Å². The van der Waals surface area contributed by atoms with E-state index >= 15 is 0 Å². The Morgan fingerprint density at radius 2 is 1.65 bits per heavy atom. The molecule has 2 saturated carbocycles. The maximum absolute atomic E-state index is 5.96. The summed E-state index contributed by atoms with van der Waals surface area (Å²) in [4.78, 5) is 2.57. The number of hydrogen-bond donors (Lipinski definition) is 1. The lowest BCUT2D eigenvalue weighted by Crippen LogP contribution is -2.28. The van der Waals surface area contributed by atoms with Crippen molar-refractivity contribution < 1.29 is 0 Å². The number of nitrogens with two attached hydrogens (primary N) is 1. The Hall–Kier alpha value is -1.18. The first-order chi connectivity index (χ1) is 8.20. The number of aryl methyl sites for hydroxylation is 1. The smallest absolute Gasteiger partial charge is 0.0389 e. The zero-order chi connectivity index (χ0) is 11.8. The molecule has 2 heteroatoms. The predicted molar refractivity (Wildman–Crippen MR) is 73.3 cm³/mol. The van der Waals surface area contributed by atoms with E-state index in [4.69, 9.17) is 5.73 Å². The van der Waals surface area contributed by atoms with Crippen LogP contribution < -0.4 is 10.6 Å². The first-order valence-electron chi connectivity index (χ1n) is 6.83. The number of benzene rings is 1. The Morgan fingerprint density at radius 3 is 2.12 bits per heavy atom. The predicted octanol–water partition coefficient (Wildman–Crippen LogP) is 3.20. The monoisotopic (exact) mass is 230 g/mol. The van der Waals surface area contributed by atoms with Crippen LogP contribution in [-0.2, 0) is 0 Å². The average molecular weight is 230 g/mol. The van der Waals surface area contributed by atoms with E-state index in [1.54, 1.807) is 0 Å². The molecular weight excluding hydrogens is 208 g/mol. The van der Waals surface area contributed by atoms with Gasteiger partial charge in [-0.15, -0.1) is 0 Å². The Bertz CT molecular complexity index is 371. The van der Waals surface area contributed by atoms with Crippen molar-refractivity contribution in [3.05, 3.63) is 23.8 Å². The van der Waals surface area contributed by atoms with Crippen LogP contribution in [0.25, 0.3) is 0 Å². The summed E-state index contributed by atoms with van der Waals surface area (Å²) in [5, 5.41) is 0. The lowest BCUT2D eigenvalue weighted by atomic mass is 10.1. The van der Waals surface area contributed by atoms with Gasteiger partial charge < -0.3 is 10.6 Å². The normalized spacial score (nSPS) is 19.4. The van der Waals surface area contributed by atoms with Crippen LogP contribution in [0.15, 0.2) is 18.2 Å². The standard InChI is InChI=1S/C15H22N2/c1-11-6-14(16)8-15(7-11)17(9-12-2-3-12)10-13-4-5-13/h6-8,12-13H,2-5,9-10,16H2,1H3. The third kappa shape index (κ3) is 2.93. The zero-order valence-electron chi connectivity index (χ0n) is 10.7. The van der Waals surface area contributed by atoms with E-state index in [0.717, 1.165) is 17.5 Å². The summed E-state index contributed by atoms with van der Waals surface area (Å²) >= 11 is 0. The van der Waals surface area contributed by atoms with Crippen molar-refractivity contribution in [1.29, 1.82) is 0 Å². The summed E-state index contributed by atoms with van der Waals surface area (Å²) in [7, 11) is 0. The van der Waals surface area contributed by atoms with E-state index < -0.39 is 0 Å². The molecule has 1 aromatic carbocycles. The fourth-order valence-electron chi connectivity index (χ4n) is 2.48. The molecule has 1 aromatic rings. The van der Waals surface area contributed by atoms with Crippen molar-refractivity contribution in [3.8, 4) is 0 Å². The third-order valence-electron chi connectivity index (χ3n) is 3.80. The molecule has 2 nitrogen and oxygen atoms in total. The molecule has 2 aliphatic carbocycles. The zero-order valence-corrected chi connectivity index (χ0v) is 10.7. The highest BCUT2D eigenvalue weighted by Crippen LogP contribution is 2.36. The van der Waals surface area contributed by atoms with E-state index in [1.165, 1.54) is 50.0 Å². The first kappa shape index (κ1) is 10.9. The van der Waals surface area contributed by atoms with Crippen LogP contribution in [0.4, 0.5) is 11.4 Å². The molecular formula is C15H22N2. The maximum Gasteiger partial charge on any atom is 0.0389 e.